The summed E-state index contributed by atoms with van der Waals surface area (Å²) in [5, 5.41) is 10.1. The van der Waals surface area contributed by atoms with Crippen LogP contribution in [0.3, 0.4) is 0 Å². The van der Waals surface area contributed by atoms with Crippen LogP contribution >= 0.6 is 11.8 Å². The first-order valence-corrected chi connectivity index (χ1v) is 8.11. The van der Waals surface area contributed by atoms with E-state index < -0.39 is 5.54 Å². The summed E-state index contributed by atoms with van der Waals surface area (Å²) in [6, 6.07) is 0. The standard InChI is InChI=1S/C13H24N4O3S/c1-5-8-17-11(19)15-16-12(17)21-9-7-13(3,14-4)10(18)20-6-2/h14H,5-9H2,1-4H3,(H,15,19). The fourth-order valence-electron chi connectivity index (χ4n) is 1.80. The van der Waals surface area contributed by atoms with Gasteiger partial charge in [-0.3, -0.25) is 9.36 Å². The van der Waals surface area contributed by atoms with Gasteiger partial charge in [-0.1, -0.05) is 18.7 Å². The maximum Gasteiger partial charge on any atom is 0.343 e. The number of hydrogen-bond donors (Lipinski definition) is 2. The molecule has 0 amide bonds. The van der Waals surface area contributed by atoms with E-state index in [1.54, 1.807) is 18.5 Å². The molecule has 0 aliphatic heterocycles. The van der Waals surface area contributed by atoms with Crippen molar-refractivity contribution in [3.63, 3.8) is 0 Å². The van der Waals surface area contributed by atoms with Crippen LogP contribution in [0.4, 0.5) is 0 Å². The van der Waals surface area contributed by atoms with Gasteiger partial charge in [0.25, 0.3) is 0 Å². The molecular weight excluding hydrogens is 292 g/mol. The topological polar surface area (TPSA) is 89.0 Å². The molecule has 0 saturated heterocycles. The SMILES string of the molecule is CCCn1c(SCCC(C)(NC)C(=O)OCC)n[nH]c1=O. The van der Waals surface area contributed by atoms with E-state index >= 15 is 0 Å². The quantitative estimate of drug-likeness (QED) is 0.522. The molecule has 1 heterocycles. The number of carbonyl (C=O) groups excluding carboxylic acids is 1. The first kappa shape index (κ1) is 17.8. The van der Waals surface area contributed by atoms with Crippen molar-refractivity contribution >= 4 is 17.7 Å². The van der Waals surface area contributed by atoms with Gasteiger partial charge in [0.1, 0.15) is 5.54 Å². The number of ether oxygens (including phenoxy) is 1. The smallest absolute Gasteiger partial charge is 0.343 e. The number of thioether (sulfide) groups is 1. The molecule has 0 aliphatic rings. The molecule has 0 radical (unpaired) electrons. The van der Waals surface area contributed by atoms with Crippen LogP contribution in [0.1, 0.15) is 33.6 Å². The molecule has 0 bridgehead atoms. The summed E-state index contributed by atoms with van der Waals surface area (Å²) in [7, 11) is 1.74. The van der Waals surface area contributed by atoms with Crippen molar-refractivity contribution < 1.29 is 9.53 Å². The Morgan fingerprint density at radius 3 is 2.81 bits per heavy atom. The predicted octanol–water partition coefficient (Wildman–Crippen LogP) is 1.00. The minimum Gasteiger partial charge on any atom is -0.465 e. The number of aromatic nitrogens is 3. The Labute approximate surface area is 128 Å². The average Bonchev–Trinajstić information content (AvgIpc) is 2.81. The Bertz CT molecular complexity index is 514. The van der Waals surface area contributed by atoms with Gasteiger partial charge in [0.15, 0.2) is 5.16 Å². The molecule has 21 heavy (non-hydrogen) atoms. The summed E-state index contributed by atoms with van der Waals surface area (Å²) in [6.45, 7) is 6.61. The Balaban J connectivity index is 2.63. The highest BCUT2D eigenvalue weighted by molar-refractivity contribution is 7.99. The summed E-state index contributed by atoms with van der Waals surface area (Å²) in [5.74, 6) is 0.394. The highest BCUT2D eigenvalue weighted by Gasteiger charge is 2.32. The van der Waals surface area contributed by atoms with Gasteiger partial charge in [-0.2, -0.15) is 0 Å². The molecule has 8 heteroatoms. The third kappa shape index (κ3) is 4.60. The van der Waals surface area contributed by atoms with Crippen molar-refractivity contribution in [2.45, 2.75) is 50.9 Å². The van der Waals surface area contributed by atoms with Crippen LogP contribution in [0, 0.1) is 0 Å². The van der Waals surface area contributed by atoms with Crippen LogP contribution in [-0.4, -0.2) is 45.7 Å². The molecule has 0 spiro atoms. The summed E-state index contributed by atoms with van der Waals surface area (Å²) >= 11 is 1.46. The fourth-order valence-corrected chi connectivity index (χ4v) is 2.93. The number of nitrogens with one attached hydrogen (secondary N) is 2. The molecule has 2 N–H and O–H groups in total. The van der Waals surface area contributed by atoms with Crippen molar-refractivity contribution in [3.8, 4) is 0 Å². The van der Waals surface area contributed by atoms with E-state index in [4.69, 9.17) is 4.74 Å². The lowest BCUT2D eigenvalue weighted by Crippen LogP contribution is -2.49. The van der Waals surface area contributed by atoms with E-state index in [1.165, 1.54) is 11.8 Å². The van der Waals surface area contributed by atoms with Crippen molar-refractivity contribution in [3.05, 3.63) is 10.5 Å². The van der Waals surface area contributed by atoms with E-state index in [9.17, 15) is 9.59 Å². The molecule has 120 valence electrons. The number of hydrogen-bond acceptors (Lipinski definition) is 6. The Kier molecular flexibility index (Phi) is 6.97. The van der Waals surface area contributed by atoms with Crippen LogP contribution in [0.15, 0.2) is 9.95 Å². The first-order chi connectivity index (χ1) is 9.98. The number of likely N-dealkylation sites (N-methyl/N-ethyl adjacent to an activating group) is 1. The summed E-state index contributed by atoms with van der Waals surface area (Å²) < 4.78 is 6.70. The van der Waals surface area contributed by atoms with Crippen LogP contribution < -0.4 is 11.0 Å². The normalized spacial score (nSPS) is 13.9. The number of nitrogens with zero attached hydrogens (tertiary/aromatic N) is 2. The molecule has 1 aromatic heterocycles. The third-order valence-electron chi connectivity index (χ3n) is 3.28. The lowest BCUT2D eigenvalue weighted by Gasteiger charge is -2.26. The van der Waals surface area contributed by atoms with Gasteiger partial charge in [-0.05, 0) is 33.7 Å². The molecule has 1 atom stereocenters. The van der Waals surface area contributed by atoms with E-state index in [0.29, 0.717) is 30.5 Å². The summed E-state index contributed by atoms with van der Waals surface area (Å²) in [6.07, 6.45) is 1.45. The zero-order chi connectivity index (χ0) is 15.9. The van der Waals surface area contributed by atoms with Crippen molar-refractivity contribution in [1.82, 2.24) is 20.1 Å². The Morgan fingerprint density at radius 2 is 2.24 bits per heavy atom. The maximum atomic E-state index is 11.9. The number of rotatable bonds is 9. The Hall–Kier alpha value is -1.28. The van der Waals surface area contributed by atoms with Gasteiger partial charge in [0.05, 0.1) is 6.61 Å². The van der Waals surface area contributed by atoms with Crippen molar-refractivity contribution in [2.75, 3.05) is 19.4 Å². The number of aromatic amines is 1. The third-order valence-corrected chi connectivity index (χ3v) is 4.26. The van der Waals surface area contributed by atoms with Crippen molar-refractivity contribution in [2.24, 2.45) is 0 Å². The van der Waals surface area contributed by atoms with Crippen LogP contribution in [-0.2, 0) is 16.1 Å². The van der Waals surface area contributed by atoms with E-state index in [0.717, 1.165) is 6.42 Å². The molecule has 0 fully saturated rings. The lowest BCUT2D eigenvalue weighted by molar-refractivity contribution is -0.150. The van der Waals surface area contributed by atoms with Gasteiger partial charge in [0.2, 0.25) is 0 Å². The second-order valence-electron chi connectivity index (χ2n) is 4.86. The zero-order valence-electron chi connectivity index (χ0n) is 13.1. The van der Waals surface area contributed by atoms with Gasteiger partial charge >= 0.3 is 11.7 Å². The molecular formula is C13H24N4O3S. The number of H-pyrrole nitrogens is 1. The lowest BCUT2D eigenvalue weighted by atomic mass is 10.00. The average molecular weight is 316 g/mol. The van der Waals surface area contributed by atoms with Crippen LogP contribution in [0.2, 0.25) is 0 Å². The number of esters is 1. The monoisotopic (exact) mass is 316 g/mol. The van der Waals surface area contributed by atoms with E-state index in [1.807, 2.05) is 13.8 Å². The summed E-state index contributed by atoms with van der Waals surface area (Å²) in [4.78, 5) is 23.5. The van der Waals surface area contributed by atoms with Gasteiger partial charge in [-0.25, -0.2) is 9.89 Å². The second kappa shape index (κ2) is 8.23. The maximum absolute atomic E-state index is 11.9. The zero-order valence-corrected chi connectivity index (χ0v) is 13.9. The van der Waals surface area contributed by atoms with Crippen LogP contribution in [0.5, 0.6) is 0 Å². The van der Waals surface area contributed by atoms with Gasteiger partial charge in [-0.15, -0.1) is 5.10 Å². The number of carbonyl (C=O) groups is 1. The van der Waals surface area contributed by atoms with Crippen molar-refractivity contribution in [1.29, 1.82) is 0 Å². The minimum absolute atomic E-state index is 0.193. The highest BCUT2D eigenvalue weighted by atomic mass is 32.2. The van der Waals surface area contributed by atoms with E-state index in [-0.39, 0.29) is 11.7 Å². The van der Waals surface area contributed by atoms with Gasteiger partial charge < -0.3 is 10.1 Å². The molecule has 1 rings (SSSR count). The molecule has 1 aromatic rings. The molecule has 0 aliphatic carbocycles. The minimum atomic E-state index is -0.727. The van der Waals surface area contributed by atoms with E-state index in [2.05, 4.69) is 15.5 Å². The Morgan fingerprint density at radius 1 is 1.52 bits per heavy atom. The predicted molar refractivity (Wildman–Crippen MR) is 82.6 cm³/mol. The molecule has 7 nitrogen and oxygen atoms in total. The first-order valence-electron chi connectivity index (χ1n) is 7.12. The largest absolute Gasteiger partial charge is 0.465 e. The molecule has 0 aromatic carbocycles. The van der Waals surface area contributed by atoms with Gasteiger partial charge in [0, 0.05) is 12.3 Å². The second-order valence-corrected chi connectivity index (χ2v) is 5.93. The van der Waals surface area contributed by atoms with Crippen LogP contribution in [0.25, 0.3) is 0 Å². The fraction of sp³-hybridized carbons (Fsp3) is 0.769. The molecule has 0 saturated carbocycles. The molecule has 1 unspecified atom stereocenters. The summed E-state index contributed by atoms with van der Waals surface area (Å²) in [5.41, 5.74) is -0.920. The highest BCUT2D eigenvalue weighted by Crippen LogP contribution is 2.20.